The Morgan fingerprint density at radius 3 is 2.77 bits per heavy atom. The van der Waals surface area contributed by atoms with Gasteiger partial charge in [-0.2, -0.15) is 0 Å². The van der Waals surface area contributed by atoms with E-state index in [0.717, 1.165) is 36.2 Å². The number of nitrogens with zero attached hydrogens (tertiary/aromatic N) is 3. The summed E-state index contributed by atoms with van der Waals surface area (Å²) < 4.78 is 3.34. The number of nitrogens with one attached hydrogen (secondary N) is 2. The SMILES string of the molecule is CCn1c(C)nc2cc(NC(=O)Cn3cccc(C(=O)NCC4CC4)c3=O)ccc21. The molecular weight excluding hydrogens is 382 g/mol. The van der Waals surface area contributed by atoms with Crippen molar-refractivity contribution in [3.63, 3.8) is 0 Å². The Balaban J connectivity index is 1.46. The molecule has 0 bridgehead atoms. The Kier molecular flexibility index (Phi) is 5.39. The lowest BCUT2D eigenvalue weighted by atomic mass is 10.2. The van der Waals surface area contributed by atoms with E-state index in [0.29, 0.717) is 18.2 Å². The molecule has 3 aromatic rings. The first-order chi connectivity index (χ1) is 14.5. The van der Waals surface area contributed by atoms with Crippen LogP contribution in [-0.4, -0.2) is 32.5 Å². The minimum atomic E-state index is -0.478. The van der Waals surface area contributed by atoms with Gasteiger partial charge in [0.25, 0.3) is 11.5 Å². The summed E-state index contributed by atoms with van der Waals surface area (Å²) in [6.45, 7) is 5.23. The number of amides is 2. The summed E-state index contributed by atoms with van der Waals surface area (Å²) in [4.78, 5) is 41.9. The molecule has 0 saturated heterocycles. The van der Waals surface area contributed by atoms with E-state index in [4.69, 9.17) is 0 Å². The lowest BCUT2D eigenvalue weighted by molar-refractivity contribution is -0.116. The molecule has 1 saturated carbocycles. The fraction of sp³-hybridized carbons (Fsp3) is 0.364. The van der Waals surface area contributed by atoms with Crippen molar-refractivity contribution in [2.45, 2.75) is 39.8 Å². The molecule has 1 fully saturated rings. The molecule has 156 valence electrons. The molecule has 2 amide bonds. The molecule has 0 atom stereocenters. The predicted octanol–water partition coefficient (Wildman–Crippen LogP) is 2.30. The molecule has 2 N–H and O–H groups in total. The van der Waals surface area contributed by atoms with Gasteiger partial charge in [-0.3, -0.25) is 14.4 Å². The van der Waals surface area contributed by atoms with Gasteiger partial charge >= 0.3 is 0 Å². The van der Waals surface area contributed by atoms with Crippen molar-refractivity contribution >= 4 is 28.5 Å². The highest BCUT2D eigenvalue weighted by Crippen LogP contribution is 2.27. The smallest absolute Gasteiger partial charge is 0.263 e. The van der Waals surface area contributed by atoms with Gasteiger partial charge in [0.1, 0.15) is 17.9 Å². The van der Waals surface area contributed by atoms with Crippen LogP contribution in [0.3, 0.4) is 0 Å². The zero-order valence-corrected chi connectivity index (χ0v) is 17.1. The Bertz CT molecular complexity index is 1170. The zero-order chi connectivity index (χ0) is 21.3. The number of hydrogen-bond donors (Lipinski definition) is 2. The normalized spacial score (nSPS) is 13.4. The summed E-state index contributed by atoms with van der Waals surface area (Å²) in [6.07, 6.45) is 3.74. The van der Waals surface area contributed by atoms with E-state index >= 15 is 0 Å². The van der Waals surface area contributed by atoms with Crippen LogP contribution in [0.1, 0.15) is 35.9 Å². The maximum atomic E-state index is 12.6. The van der Waals surface area contributed by atoms with Crippen molar-refractivity contribution in [1.82, 2.24) is 19.4 Å². The van der Waals surface area contributed by atoms with Crippen LogP contribution >= 0.6 is 0 Å². The van der Waals surface area contributed by atoms with E-state index in [1.807, 2.05) is 25.1 Å². The third-order valence-electron chi connectivity index (χ3n) is 5.37. The molecule has 8 nitrogen and oxygen atoms in total. The average molecular weight is 407 g/mol. The van der Waals surface area contributed by atoms with Gasteiger partial charge in [0, 0.05) is 25.0 Å². The second kappa shape index (κ2) is 8.14. The Hall–Kier alpha value is -3.42. The summed E-state index contributed by atoms with van der Waals surface area (Å²) >= 11 is 0. The Morgan fingerprint density at radius 1 is 1.23 bits per heavy atom. The highest BCUT2D eigenvalue weighted by atomic mass is 16.2. The minimum Gasteiger partial charge on any atom is -0.352 e. The third-order valence-corrected chi connectivity index (χ3v) is 5.37. The summed E-state index contributed by atoms with van der Waals surface area (Å²) in [5.74, 6) is 0.697. The number of imidazole rings is 1. The first-order valence-electron chi connectivity index (χ1n) is 10.2. The summed E-state index contributed by atoms with van der Waals surface area (Å²) in [5, 5.41) is 5.59. The second-order valence-corrected chi connectivity index (χ2v) is 7.66. The van der Waals surface area contributed by atoms with Gasteiger partial charge in [-0.15, -0.1) is 0 Å². The lowest BCUT2D eigenvalue weighted by Crippen LogP contribution is -2.35. The zero-order valence-electron chi connectivity index (χ0n) is 17.1. The van der Waals surface area contributed by atoms with Crippen molar-refractivity contribution in [3.8, 4) is 0 Å². The number of benzene rings is 1. The maximum Gasteiger partial charge on any atom is 0.263 e. The molecule has 1 aliphatic rings. The molecule has 4 rings (SSSR count). The summed E-state index contributed by atoms with van der Waals surface area (Å²) in [6, 6.07) is 8.65. The number of rotatable bonds is 7. The molecular formula is C22H25N5O3. The van der Waals surface area contributed by atoms with Gasteiger partial charge in [0.15, 0.2) is 0 Å². The van der Waals surface area contributed by atoms with Crippen molar-refractivity contribution < 1.29 is 9.59 Å². The number of carbonyl (C=O) groups excluding carboxylic acids is 2. The highest BCUT2D eigenvalue weighted by Gasteiger charge is 2.22. The van der Waals surface area contributed by atoms with Gasteiger partial charge in [0.2, 0.25) is 5.91 Å². The van der Waals surface area contributed by atoms with E-state index in [2.05, 4.69) is 27.1 Å². The van der Waals surface area contributed by atoms with Crippen LogP contribution in [0.4, 0.5) is 5.69 Å². The van der Waals surface area contributed by atoms with Crippen molar-refractivity contribution in [3.05, 3.63) is 58.3 Å². The van der Waals surface area contributed by atoms with E-state index in [-0.39, 0.29) is 18.0 Å². The molecule has 1 aliphatic carbocycles. The Morgan fingerprint density at radius 2 is 2.03 bits per heavy atom. The first kappa shape index (κ1) is 19.9. The molecule has 1 aromatic carbocycles. The monoisotopic (exact) mass is 407 g/mol. The molecule has 0 radical (unpaired) electrons. The van der Waals surface area contributed by atoms with Gasteiger partial charge in [-0.1, -0.05) is 0 Å². The third kappa shape index (κ3) is 4.12. The van der Waals surface area contributed by atoms with Crippen molar-refractivity contribution in [2.24, 2.45) is 5.92 Å². The van der Waals surface area contributed by atoms with E-state index in [1.165, 1.54) is 16.8 Å². The molecule has 2 heterocycles. The number of anilines is 1. The van der Waals surface area contributed by atoms with Gasteiger partial charge in [-0.05, 0) is 62.9 Å². The van der Waals surface area contributed by atoms with Crippen LogP contribution in [0.5, 0.6) is 0 Å². The van der Waals surface area contributed by atoms with Gasteiger partial charge in [-0.25, -0.2) is 4.98 Å². The average Bonchev–Trinajstić information content (AvgIpc) is 3.49. The molecule has 8 heteroatoms. The fourth-order valence-electron chi connectivity index (χ4n) is 3.57. The van der Waals surface area contributed by atoms with Crippen LogP contribution in [0, 0.1) is 12.8 Å². The number of aromatic nitrogens is 3. The van der Waals surface area contributed by atoms with Crippen LogP contribution in [0.2, 0.25) is 0 Å². The number of hydrogen-bond acceptors (Lipinski definition) is 4. The maximum absolute atomic E-state index is 12.6. The van der Waals surface area contributed by atoms with E-state index < -0.39 is 11.5 Å². The first-order valence-corrected chi connectivity index (χ1v) is 10.2. The van der Waals surface area contributed by atoms with E-state index in [9.17, 15) is 14.4 Å². The number of pyridine rings is 1. The second-order valence-electron chi connectivity index (χ2n) is 7.66. The van der Waals surface area contributed by atoms with Gasteiger partial charge in [0.05, 0.1) is 11.0 Å². The van der Waals surface area contributed by atoms with Crippen molar-refractivity contribution in [2.75, 3.05) is 11.9 Å². The topological polar surface area (TPSA) is 98.0 Å². The fourth-order valence-corrected chi connectivity index (χ4v) is 3.57. The summed E-state index contributed by atoms with van der Waals surface area (Å²) in [7, 11) is 0. The Labute approximate surface area is 173 Å². The minimum absolute atomic E-state index is 0.0490. The molecule has 0 spiro atoms. The molecule has 0 unspecified atom stereocenters. The number of carbonyl (C=O) groups is 2. The van der Waals surface area contributed by atoms with Crippen LogP contribution in [0.25, 0.3) is 11.0 Å². The quantitative estimate of drug-likeness (QED) is 0.628. The largest absolute Gasteiger partial charge is 0.352 e. The number of aryl methyl sites for hydroxylation is 2. The lowest BCUT2D eigenvalue weighted by Gasteiger charge is -2.10. The van der Waals surface area contributed by atoms with Crippen LogP contribution < -0.4 is 16.2 Å². The predicted molar refractivity (Wildman–Crippen MR) is 115 cm³/mol. The number of fused-ring (bicyclic) bond motifs is 1. The highest BCUT2D eigenvalue weighted by molar-refractivity contribution is 5.95. The molecule has 2 aromatic heterocycles. The molecule has 30 heavy (non-hydrogen) atoms. The standard InChI is InChI=1S/C22H25N5O3/c1-3-27-14(2)24-18-11-16(8-9-19(18)27)25-20(28)13-26-10-4-5-17(22(26)30)21(29)23-12-15-6-7-15/h4-5,8-11,15H,3,6-7,12-13H2,1-2H3,(H,23,29)(H,25,28). The van der Waals surface area contributed by atoms with Gasteiger partial charge < -0.3 is 19.8 Å². The van der Waals surface area contributed by atoms with Crippen LogP contribution in [-0.2, 0) is 17.9 Å². The van der Waals surface area contributed by atoms with Crippen LogP contribution in [0.15, 0.2) is 41.3 Å². The molecule has 0 aliphatic heterocycles. The van der Waals surface area contributed by atoms with E-state index in [1.54, 1.807) is 6.07 Å². The van der Waals surface area contributed by atoms with Crippen molar-refractivity contribution in [1.29, 1.82) is 0 Å². The summed E-state index contributed by atoms with van der Waals surface area (Å²) in [5.41, 5.74) is 1.99.